The lowest BCUT2D eigenvalue weighted by Crippen LogP contribution is -2.40. The smallest absolute Gasteiger partial charge is 0.00896 e. The van der Waals surface area contributed by atoms with Crippen molar-refractivity contribution < 1.29 is 0 Å². The lowest BCUT2D eigenvalue weighted by atomic mass is 10.0. The van der Waals surface area contributed by atoms with Gasteiger partial charge in [-0.05, 0) is 59.0 Å². The predicted molar refractivity (Wildman–Crippen MR) is 71.8 cm³/mol. The predicted octanol–water partition coefficient (Wildman–Crippen LogP) is 2.88. The van der Waals surface area contributed by atoms with E-state index in [1.165, 1.54) is 32.2 Å². The second kappa shape index (κ2) is 6.61. The average Bonchev–Trinajstić information content (AvgIpc) is 3.05. The fourth-order valence-electron chi connectivity index (χ4n) is 2.07. The van der Waals surface area contributed by atoms with Crippen molar-refractivity contribution in [3.05, 3.63) is 0 Å². The highest BCUT2D eigenvalue weighted by Gasteiger charge is 2.20. The van der Waals surface area contributed by atoms with E-state index in [1.807, 2.05) is 0 Å². The lowest BCUT2D eigenvalue weighted by Gasteiger charge is -2.33. The van der Waals surface area contributed by atoms with Crippen LogP contribution in [0, 0.1) is 5.92 Å². The summed E-state index contributed by atoms with van der Waals surface area (Å²) in [6.07, 6.45) is 5.43. The quantitative estimate of drug-likeness (QED) is 0.640. The van der Waals surface area contributed by atoms with Gasteiger partial charge in [-0.25, -0.2) is 0 Å². The van der Waals surface area contributed by atoms with Crippen molar-refractivity contribution in [1.29, 1.82) is 0 Å². The fourth-order valence-corrected chi connectivity index (χ4v) is 2.07. The molecule has 1 aliphatic rings. The van der Waals surface area contributed by atoms with Crippen LogP contribution in [0.4, 0.5) is 0 Å². The number of rotatable bonds is 8. The van der Waals surface area contributed by atoms with Crippen molar-refractivity contribution in [2.24, 2.45) is 5.92 Å². The topological polar surface area (TPSA) is 15.3 Å². The van der Waals surface area contributed by atoms with E-state index < -0.39 is 0 Å². The summed E-state index contributed by atoms with van der Waals surface area (Å²) < 4.78 is 0. The van der Waals surface area contributed by atoms with Crippen molar-refractivity contribution in [1.82, 2.24) is 10.2 Å². The lowest BCUT2D eigenvalue weighted by molar-refractivity contribution is 0.149. The number of hydrogen-bond acceptors (Lipinski definition) is 2. The summed E-state index contributed by atoms with van der Waals surface area (Å²) in [5, 5.41) is 3.58. The van der Waals surface area contributed by atoms with Gasteiger partial charge in [0.15, 0.2) is 0 Å². The van der Waals surface area contributed by atoms with Crippen LogP contribution in [0.2, 0.25) is 0 Å². The monoisotopic (exact) mass is 226 g/mol. The van der Waals surface area contributed by atoms with Gasteiger partial charge < -0.3 is 10.2 Å². The molecule has 0 amide bonds. The molecule has 2 unspecified atom stereocenters. The van der Waals surface area contributed by atoms with E-state index in [1.54, 1.807) is 0 Å². The van der Waals surface area contributed by atoms with Gasteiger partial charge in [0, 0.05) is 18.1 Å². The summed E-state index contributed by atoms with van der Waals surface area (Å²) in [6.45, 7) is 10.5. The molecule has 1 saturated carbocycles. The second-order valence-electron chi connectivity index (χ2n) is 5.87. The largest absolute Gasteiger partial charge is 0.314 e. The molecule has 0 heterocycles. The summed E-state index contributed by atoms with van der Waals surface area (Å²) in [4.78, 5) is 2.53. The number of nitrogens with zero attached hydrogens (tertiary/aromatic N) is 1. The Morgan fingerprint density at radius 3 is 2.31 bits per heavy atom. The van der Waals surface area contributed by atoms with Crippen LogP contribution in [-0.4, -0.2) is 36.6 Å². The van der Waals surface area contributed by atoms with Crippen LogP contribution in [0.5, 0.6) is 0 Å². The first kappa shape index (κ1) is 14.0. The van der Waals surface area contributed by atoms with E-state index in [0.29, 0.717) is 12.1 Å². The van der Waals surface area contributed by atoms with Crippen LogP contribution in [0.25, 0.3) is 0 Å². The molecular weight excluding hydrogens is 196 g/mol. The van der Waals surface area contributed by atoms with Crippen LogP contribution < -0.4 is 5.32 Å². The highest BCUT2D eigenvalue weighted by Crippen LogP contribution is 2.19. The molecule has 0 aromatic carbocycles. The first-order valence-electron chi connectivity index (χ1n) is 6.97. The van der Waals surface area contributed by atoms with E-state index in [0.717, 1.165) is 12.0 Å². The zero-order chi connectivity index (χ0) is 12.1. The van der Waals surface area contributed by atoms with E-state index >= 15 is 0 Å². The normalized spacial score (nSPS) is 20.4. The molecule has 16 heavy (non-hydrogen) atoms. The van der Waals surface area contributed by atoms with Crippen LogP contribution >= 0.6 is 0 Å². The zero-order valence-electron chi connectivity index (χ0n) is 11.8. The maximum atomic E-state index is 3.58. The van der Waals surface area contributed by atoms with E-state index in [-0.39, 0.29) is 0 Å². The first-order chi connectivity index (χ1) is 7.52. The summed E-state index contributed by atoms with van der Waals surface area (Å²) in [5.41, 5.74) is 0. The number of nitrogens with one attached hydrogen (secondary N) is 1. The Balaban J connectivity index is 2.09. The Morgan fingerprint density at radius 1 is 1.19 bits per heavy atom. The van der Waals surface area contributed by atoms with Gasteiger partial charge >= 0.3 is 0 Å². The van der Waals surface area contributed by atoms with Crippen molar-refractivity contribution in [3.8, 4) is 0 Å². The number of hydrogen-bond donors (Lipinski definition) is 1. The Morgan fingerprint density at radius 2 is 1.81 bits per heavy atom. The molecule has 0 bridgehead atoms. The van der Waals surface area contributed by atoms with Gasteiger partial charge in [-0.15, -0.1) is 0 Å². The standard InChI is InChI=1S/C14H30N2/c1-11(2)13(4)16(5)12(3)7-6-10-15-14-8-9-14/h11-15H,6-10H2,1-5H3. The van der Waals surface area contributed by atoms with E-state index in [2.05, 4.69) is 45.0 Å². The SMILES string of the molecule is CC(C)C(C)N(C)C(C)CCCNC1CC1. The molecule has 0 aromatic heterocycles. The maximum absolute atomic E-state index is 3.58. The Labute approximate surface area is 102 Å². The Bertz CT molecular complexity index is 187. The third kappa shape index (κ3) is 4.84. The Hall–Kier alpha value is -0.0800. The average molecular weight is 226 g/mol. The molecule has 1 N–H and O–H groups in total. The molecule has 0 aliphatic heterocycles. The molecule has 2 heteroatoms. The van der Waals surface area contributed by atoms with Gasteiger partial charge in [0.1, 0.15) is 0 Å². The van der Waals surface area contributed by atoms with Crippen LogP contribution in [0.3, 0.4) is 0 Å². The first-order valence-corrected chi connectivity index (χ1v) is 6.97. The molecule has 0 spiro atoms. The summed E-state index contributed by atoms with van der Waals surface area (Å²) in [7, 11) is 2.27. The molecule has 0 saturated heterocycles. The van der Waals surface area contributed by atoms with Gasteiger partial charge in [0.2, 0.25) is 0 Å². The van der Waals surface area contributed by atoms with Gasteiger partial charge in [-0.3, -0.25) is 0 Å². The molecule has 2 atom stereocenters. The van der Waals surface area contributed by atoms with Crippen molar-refractivity contribution in [2.75, 3.05) is 13.6 Å². The third-order valence-corrected chi connectivity index (χ3v) is 4.11. The molecule has 2 nitrogen and oxygen atoms in total. The van der Waals surface area contributed by atoms with Gasteiger partial charge in [0.05, 0.1) is 0 Å². The zero-order valence-corrected chi connectivity index (χ0v) is 11.8. The fraction of sp³-hybridized carbons (Fsp3) is 1.00. The minimum Gasteiger partial charge on any atom is -0.314 e. The Kier molecular flexibility index (Phi) is 5.77. The second-order valence-corrected chi connectivity index (χ2v) is 5.87. The molecule has 0 aromatic rings. The molecule has 0 radical (unpaired) electrons. The molecule has 96 valence electrons. The van der Waals surface area contributed by atoms with Crippen molar-refractivity contribution in [3.63, 3.8) is 0 Å². The summed E-state index contributed by atoms with van der Waals surface area (Å²) in [6, 6.07) is 2.26. The highest BCUT2D eigenvalue weighted by atomic mass is 15.2. The van der Waals surface area contributed by atoms with Crippen LogP contribution in [0.1, 0.15) is 53.4 Å². The van der Waals surface area contributed by atoms with Gasteiger partial charge in [0.25, 0.3) is 0 Å². The maximum Gasteiger partial charge on any atom is 0.00896 e. The van der Waals surface area contributed by atoms with Gasteiger partial charge in [-0.2, -0.15) is 0 Å². The molecular formula is C14H30N2. The van der Waals surface area contributed by atoms with E-state index in [4.69, 9.17) is 0 Å². The molecule has 1 rings (SSSR count). The summed E-state index contributed by atoms with van der Waals surface area (Å²) >= 11 is 0. The summed E-state index contributed by atoms with van der Waals surface area (Å²) in [5.74, 6) is 0.747. The van der Waals surface area contributed by atoms with Gasteiger partial charge in [-0.1, -0.05) is 13.8 Å². The van der Waals surface area contributed by atoms with Crippen LogP contribution in [0.15, 0.2) is 0 Å². The van der Waals surface area contributed by atoms with Crippen LogP contribution in [-0.2, 0) is 0 Å². The third-order valence-electron chi connectivity index (χ3n) is 4.11. The molecule has 1 fully saturated rings. The minimum absolute atomic E-state index is 0.686. The minimum atomic E-state index is 0.686. The molecule has 1 aliphatic carbocycles. The van der Waals surface area contributed by atoms with E-state index in [9.17, 15) is 0 Å². The van der Waals surface area contributed by atoms with Crippen molar-refractivity contribution >= 4 is 0 Å². The van der Waals surface area contributed by atoms with Crippen molar-refractivity contribution in [2.45, 2.75) is 71.5 Å². The highest BCUT2D eigenvalue weighted by molar-refractivity contribution is 4.81.